The Morgan fingerprint density at radius 2 is 1.87 bits per heavy atom. The molecule has 0 amide bonds. The second-order valence-electron chi connectivity index (χ2n) is 3.59. The molecule has 1 aromatic heterocycles. The van der Waals surface area contributed by atoms with Gasteiger partial charge in [0.15, 0.2) is 6.29 Å². The van der Waals surface area contributed by atoms with Gasteiger partial charge in [-0.05, 0) is 13.8 Å². The van der Waals surface area contributed by atoms with E-state index in [-0.39, 0.29) is 0 Å². The summed E-state index contributed by atoms with van der Waals surface area (Å²) in [5.74, 6) is 0. The van der Waals surface area contributed by atoms with Crippen LogP contribution in [0.4, 0.5) is 0 Å². The molecule has 1 heterocycles. The van der Waals surface area contributed by atoms with Crippen LogP contribution in [0.3, 0.4) is 0 Å². The van der Waals surface area contributed by atoms with Gasteiger partial charge in [-0.25, -0.2) is 0 Å². The van der Waals surface area contributed by atoms with Gasteiger partial charge in [0.1, 0.15) is 5.69 Å². The van der Waals surface area contributed by atoms with Crippen LogP contribution in [0, 0.1) is 13.8 Å². The van der Waals surface area contributed by atoms with Crippen molar-refractivity contribution in [3.05, 3.63) is 41.1 Å². The summed E-state index contributed by atoms with van der Waals surface area (Å²) >= 11 is 0. The molecule has 0 saturated heterocycles. The maximum Gasteiger partial charge on any atom is 0.154 e. The van der Waals surface area contributed by atoms with Crippen LogP contribution in [0.1, 0.15) is 21.6 Å². The summed E-state index contributed by atoms with van der Waals surface area (Å²) < 4.78 is 0. The van der Waals surface area contributed by atoms with E-state index >= 15 is 0 Å². The van der Waals surface area contributed by atoms with Crippen LogP contribution in [-0.2, 0) is 0 Å². The third-order valence-corrected chi connectivity index (χ3v) is 2.44. The number of nitrogens with one attached hydrogen (secondary N) is 1. The molecule has 15 heavy (non-hydrogen) atoms. The molecule has 0 radical (unpaired) electrons. The van der Waals surface area contributed by atoms with E-state index in [4.69, 9.17) is 0 Å². The number of H-pyrrole nitrogens is 1. The van der Waals surface area contributed by atoms with Gasteiger partial charge in [0, 0.05) is 11.3 Å². The van der Waals surface area contributed by atoms with Crippen molar-refractivity contribution in [3.63, 3.8) is 0 Å². The molecule has 2 rings (SSSR count). The Kier molecular flexibility index (Phi) is 2.37. The van der Waals surface area contributed by atoms with Crippen molar-refractivity contribution in [1.29, 1.82) is 0 Å². The predicted molar refractivity (Wildman–Crippen MR) is 58.9 cm³/mol. The Balaban J connectivity index is 2.53. The van der Waals surface area contributed by atoms with Crippen molar-refractivity contribution in [2.45, 2.75) is 13.8 Å². The number of hydrogen-bond donors (Lipinski definition) is 1. The number of carbonyl (C=O) groups excluding carboxylic acids is 1. The summed E-state index contributed by atoms with van der Waals surface area (Å²) in [6.07, 6.45) is 0.841. The molecule has 0 bridgehead atoms. The number of aldehydes is 1. The third-order valence-electron chi connectivity index (χ3n) is 2.44. The van der Waals surface area contributed by atoms with Crippen LogP contribution in [0.2, 0.25) is 0 Å². The van der Waals surface area contributed by atoms with Crippen molar-refractivity contribution >= 4 is 6.29 Å². The number of aryl methyl sites for hydroxylation is 2. The van der Waals surface area contributed by atoms with Crippen molar-refractivity contribution < 1.29 is 4.79 Å². The minimum absolute atomic E-state index is 0.638. The van der Waals surface area contributed by atoms with Crippen LogP contribution in [0.25, 0.3) is 11.3 Å². The maximum atomic E-state index is 10.9. The van der Waals surface area contributed by atoms with Crippen molar-refractivity contribution in [2.24, 2.45) is 0 Å². The molecule has 2 aromatic rings. The molecule has 1 N–H and O–H groups in total. The zero-order valence-corrected chi connectivity index (χ0v) is 8.74. The van der Waals surface area contributed by atoms with E-state index < -0.39 is 0 Å². The molecule has 3 nitrogen and oxygen atoms in total. The molecule has 0 aliphatic heterocycles. The van der Waals surface area contributed by atoms with E-state index in [1.807, 2.05) is 38.1 Å². The summed E-state index contributed by atoms with van der Waals surface area (Å²) in [5, 5.41) is 6.95. The first-order valence-electron chi connectivity index (χ1n) is 4.79. The normalized spacial score (nSPS) is 10.3. The van der Waals surface area contributed by atoms with Crippen LogP contribution in [0.15, 0.2) is 24.3 Å². The summed E-state index contributed by atoms with van der Waals surface area (Å²) in [7, 11) is 0. The molecule has 0 saturated carbocycles. The van der Waals surface area contributed by atoms with Gasteiger partial charge in [0.05, 0.1) is 5.56 Å². The zero-order chi connectivity index (χ0) is 10.8. The molecule has 3 heteroatoms. The topological polar surface area (TPSA) is 45.8 Å². The number of hydrogen-bond acceptors (Lipinski definition) is 2. The van der Waals surface area contributed by atoms with E-state index in [0.717, 1.165) is 23.2 Å². The molecule has 0 spiro atoms. The number of nitrogens with zero attached hydrogens (tertiary/aromatic N) is 1. The number of aromatic amines is 1. The van der Waals surface area contributed by atoms with Gasteiger partial charge in [-0.1, -0.05) is 29.8 Å². The summed E-state index contributed by atoms with van der Waals surface area (Å²) in [6.45, 7) is 3.87. The molecule has 1 aromatic carbocycles. The first-order chi connectivity index (χ1) is 7.22. The average molecular weight is 200 g/mol. The number of carbonyl (C=O) groups is 1. The standard InChI is InChI=1S/C12H12N2O/c1-8-3-5-10(6-4-8)12-11(7-15)9(2)13-14-12/h3-7H,1-2H3,(H,13,14). The highest BCUT2D eigenvalue weighted by Gasteiger charge is 2.10. The van der Waals surface area contributed by atoms with Crippen molar-refractivity contribution in [1.82, 2.24) is 10.2 Å². The van der Waals surface area contributed by atoms with E-state index in [9.17, 15) is 4.79 Å². The third kappa shape index (κ3) is 1.68. The molecule has 76 valence electrons. The Morgan fingerprint density at radius 1 is 1.20 bits per heavy atom. The molecule has 0 aliphatic carbocycles. The maximum absolute atomic E-state index is 10.9. The summed E-state index contributed by atoms with van der Waals surface area (Å²) in [5.41, 5.74) is 4.33. The van der Waals surface area contributed by atoms with Gasteiger partial charge in [-0.3, -0.25) is 9.89 Å². The molecule has 0 fully saturated rings. The second-order valence-corrected chi connectivity index (χ2v) is 3.59. The fourth-order valence-corrected chi connectivity index (χ4v) is 1.51. The summed E-state index contributed by atoms with van der Waals surface area (Å²) in [4.78, 5) is 10.9. The van der Waals surface area contributed by atoms with Gasteiger partial charge in [-0.15, -0.1) is 0 Å². The lowest BCUT2D eigenvalue weighted by Gasteiger charge is -1.98. The summed E-state index contributed by atoms with van der Waals surface area (Å²) in [6, 6.07) is 7.96. The van der Waals surface area contributed by atoms with Gasteiger partial charge >= 0.3 is 0 Å². The smallest absolute Gasteiger partial charge is 0.154 e. The molecular weight excluding hydrogens is 188 g/mol. The Bertz CT molecular complexity index is 483. The van der Waals surface area contributed by atoms with E-state index in [1.165, 1.54) is 5.56 Å². The molecule has 0 unspecified atom stereocenters. The SMILES string of the molecule is Cc1ccc(-c2n[nH]c(C)c2C=O)cc1. The first-order valence-corrected chi connectivity index (χ1v) is 4.79. The highest BCUT2D eigenvalue weighted by molar-refractivity contribution is 5.87. The lowest BCUT2D eigenvalue weighted by molar-refractivity contribution is 0.112. The van der Waals surface area contributed by atoms with Gasteiger partial charge in [-0.2, -0.15) is 5.10 Å². The Morgan fingerprint density at radius 3 is 2.47 bits per heavy atom. The zero-order valence-electron chi connectivity index (χ0n) is 8.74. The Hall–Kier alpha value is -1.90. The highest BCUT2D eigenvalue weighted by atomic mass is 16.1. The van der Waals surface area contributed by atoms with E-state index in [0.29, 0.717) is 5.56 Å². The van der Waals surface area contributed by atoms with Crippen molar-refractivity contribution in [2.75, 3.05) is 0 Å². The van der Waals surface area contributed by atoms with Crippen LogP contribution in [0.5, 0.6) is 0 Å². The Labute approximate surface area is 88.1 Å². The second kappa shape index (κ2) is 3.69. The average Bonchev–Trinajstić information content (AvgIpc) is 2.61. The molecular formula is C12H12N2O. The van der Waals surface area contributed by atoms with Gasteiger partial charge in [0.2, 0.25) is 0 Å². The molecule has 0 aliphatic rings. The lowest BCUT2D eigenvalue weighted by Crippen LogP contribution is -1.86. The van der Waals surface area contributed by atoms with Gasteiger partial charge < -0.3 is 0 Å². The largest absolute Gasteiger partial charge is 0.298 e. The minimum atomic E-state index is 0.638. The van der Waals surface area contributed by atoms with E-state index in [2.05, 4.69) is 10.2 Å². The number of aromatic nitrogens is 2. The van der Waals surface area contributed by atoms with Crippen LogP contribution in [-0.4, -0.2) is 16.5 Å². The minimum Gasteiger partial charge on any atom is -0.298 e. The quantitative estimate of drug-likeness (QED) is 0.757. The van der Waals surface area contributed by atoms with Crippen molar-refractivity contribution in [3.8, 4) is 11.3 Å². The molecule has 0 atom stereocenters. The highest BCUT2D eigenvalue weighted by Crippen LogP contribution is 2.22. The van der Waals surface area contributed by atoms with E-state index in [1.54, 1.807) is 0 Å². The van der Waals surface area contributed by atoms with Crippen LogP contribution >= 0.6 is 0 Å². The first kappa shape index (κ1) is 9.65. The monoisotopic (exact) mass is 200 g/mol. The number of rotatable bonds is 2. The van der Waals surface area contributed by atoms with Gasteiger partial charge in [0.25, 0.3) is 0 Å². The fourth-order valence-electron chi connectivity index (χ4n) is 1.51. The fraction of sp³-hybridized carbons (Fsp3) is 0.167. The number of benzene rings is 1. The predicted octanol–water partition coefficient (Wildman–Crippen LogP) is 2.51. The lowest BCUT2D eigenvalue weighted by atomic mass is 10.1. The van der Waals surface area contributed by atoms with Crippen LogP contribution < -0.4 is 0 Å².